The van der Waals surface area contributed by atoms with Gasteiger partial charge in [0.2, 0.25) is 0 Å². The predicted molar refractivity (Wildman–Crippen MR) is 186 cm³/mol. The van der Waals surface area contributed by atoms with Crippen LogP contribution < -0.4 is 15.2 Å². The molecule has 3 atom stereocenters. The van der Waals surface area contributed by atoms with Crippen LogP contribution in [0.25, 0.3) is 0 Å². The smallest absolute Gasteiger partial charge is 0.327 e. The number of rotatable bonds is 7. The monoisotopic (exact) mass is 693 g/mol. The zero-order valence-electron chi connectivity index (χ0n) is 27.6. The Labute approximate surface area is 291 Å². The van der Waals surface area contributed by atoms with Gasteiger partial charge in [-0.3, -0.25) is 14.7 Å². The van der Waals surface area contributed by atoms with Crippen molar-refractivity contribution in [2.45, 2.75) is 57.0 Å². The summed E-state index contributed by atoms with van der Waals surface area (Å²) in [6, 6.07) is 19.6. The van der Waals surface area contributed by atoms with Crippen LogP contribution in [0.5, 0.6) is 11.5 Å². The molecule has 254 valence electrons. The number of hydrogen-bond acceptors (Lipinski definition) is 7. The minimum atomic E-state index is -1.54. The number of urea groups is 1. The summed E-state index contributed by atoms with van der Waals surface area (Å²) >= 11 is 12.7. The van der Waals surface area contributed by atoms with Gasteiger partial charge in [0.15, 0.2) is 5.66 Å². The van der Waals surface area contributed by atoms with Gasteiger partial charge in [-0.25, -0.2) is 4.79 Å². The highest BCUT2D eigenvalue weighted by Gasteiger charge is 2.61. The molecule has 3 aliphatic heterocycles. The van der Waals surface area contributed by atoms with Crippen LogP contribution in [0.2, 0.25) is 10.0 Å². The molecule has 1 unspecified atom stereocenters. The molecule has 10 nitrogen and oxygen atoms in total. The van der Waals surface area contributed by atoms with Gasteiger partial charge < -0.3 is 29.7 Å². The molecule has 48 heavy (non-hydrogen) atoms. The van der Waals surface area contributed by atoms with Crippen molar-refractivity contribution in [3.8, 4) is 11.5 Å². The molecular formula is C36H41Cl2N5O5. The van der Waals surface area contributed by atoms with E-state index in [9.17, 15) is 4.79 Å². The minimum Gasteiger partial charge on any atom is -0.497 e. The average molecular weight is 695 g/mol. The van der Waals surface area contributed by atoms with Crippen LogP contribution in [0.4, 0.5) is 4.79 Å². The molecule has 2 saturated heterocycles. The fourth-order valence-corrected chi connectivity index (χ4v) is 6.98. The molecule has 0 aromatic heterocycles. The quantitative estimate of drug-likeness (QED) is 0.324. The van der Waals surface area contributed by atoms with Gasteiger partial charge >= 0.3 is 6.03 Å². The Morgan fingerprint density at radius 3 is 2.10 bits per heavy atom. The van der Waals surface area contributed by atoms with Crippen LogP contribution >= 0.6 is 23.2 Å². The Morgan fingerprint density at radius 2 is 1.54 bits per heavy atom. The second kappa shape index (κ2) is 13.6. The van der Waals surface area contributed by atoms with E-state index < -0.39 is 17.3 Å². The van der Waals surface area contributed by atoms with E-state index in [-0.39, 0.29) is 18.0 Å². The van der Waals surface area contributed by atoms with Gasteiger partial charge in [0.1, 0.15) is 29.0 Å². The van der Waals surface area contributed by atoms with Gasteiger partial charge in [0, 0.05) is 48.9 Å². The number of methoxy groups -OCH3 is 1. The largest absolute Gasteiger partial charge is 0.497 e. The number of piperazine rings is 1. The van der Waals surface area contributed by atoms with Crippen LogP contribution in [-0.2, 0) is 20.7 Å². The lowest BCUT2D eigenvalue weighted by atomic mass is 9.76. The number of nitrogens with two attached hydrogens (primary N) is 1. The molecule has 6 rings (SSSR count). The maximum atomic E-state index is 15.1. The number of nitrogens with zero attached hydrogens (tertiary/aromatic N) is 4. The molecule has 3 heterocycles. The summed E-state index contributed by atoms with van der Waals surface area (Å²) in [7, 11) is 1.59. The first kappa shape index (κ1) is 34.0. The Hall–Kier alpha value is -3.83. The predicted octanol–water partition coefficient (Wildman–Crippen LogP) is 6.02. The van der Waals surface area contributed by atoms with E-state index in [1.54, 1.807) is 52.1 Å². The number of benzene rings is 3. The molecule has 2 N–H and O–H groups in total. The molecule has 3 aromatic rings. The number of amides is 3. The highest BCUT2D eigenvalue weighted by atomic mass is 35.5. The van der Waals surface area contributed by atoms with E-state index in [0.29, 0.717) is 77.7 Å². The first-order chi connectivity index (χ1) is 23.0. The third-order valence-electron chi connectivity index (χ3n) is 9.38. The number of amidine groups is 1. The Bertz CT molecular complexity index is 1690. The van der Waals surface area contributed by atoms with Crippen molar-refractivity contribution in [3.05, 3.63) is 93.5 Å². The van der Waals surface area contributed by atoms with Crippen LogP contribution in [0.3, 0.4) is 0 Å². The highest BCUT2D eigenvalue weighted by Crippen LogP contribution is 2.51. The average Bonchev–Trinajstić information content (AvgIpc) is 3.70. The van der Waals surface area contributed by atoms with Crippen molar-refractivity contribution in [2.24, 2.45) is 10.7 Å². The minimum absolute atomic E-state index is 0.0265. The van der Waals surface area contributed by atoms with Crippen molar-refractivity contribution in [1.29, 1.82) is 0 Å². The summed E-state index contributed by atoms with van der Waals surface area (Å²) in [6.45, 7) is 7.75. The zero-order valence-corrected chi connectivity index (χ0v) is 29.1. The lowest BCUT2D eigenvalue weighted by Gasteiger charge is -2.47. The maximum absolute atomic E-state index is 15.1. The third kappa shape index (κ3) is 6.11. The van der Waals surface area contributed by atoms with Gasteiger partial charge in [0.05, 0.1) is 18.8 Å². The fourth-order valence-electron chi connectivity index (χ4n) is 6.73. The van der Waals surface area contributed by atoms with Crippen molar-refractivity contribution in [2.75, 3.05) is 39.9 Å². The number of carbonyl (C=O) groups is 2. The van der Waals surface area contributed by atoms with Gasteiger partial charge in [-0.1, -0.05) is 47.5 Å². The van der Waals surface area contributed by atoms with Crippen molar-refractivity contribution in [1.82, 2.24) is 14.7 Å². The van der Waals surface area contributed by atoms with E-state index in [1.807, 2.05) is 57.2 Å². The summed E-state index contributed by atoms with van der Waals surface area (Å²) < 4.78 is 17.5. The number of hydrogen-bond donors (Lipinski definition) is 1. The molecule has 3 aliphatic rings. The topological polar surface area (TPSA) is 110 Å². The molecule has 0 aliphatic carbocycles. The molecule has 0 bridgehead atoms. The van der Waals surface area contributed by atoms with Crippen molar-refractivity contribution in [3.63, 3.8) is 0 Å². The summed E-state index contributed by atoms with van der Waals surface area (Å²) in [4.78, 5) is 38.6. The van der Waals surface area contributed by atoms with Gasteiger partial charge in [-0.2, -0.15) is 0 Å². The number of aliphatic imine (C=N–C) groups is 1. The molecule has 12 heteroatoms. The lowest BCUT2D eigenvalue weighted by molar-refractivity contribution is -0.142. The molecule has 0 spiro atoms. The van der Waals surface area contributed by atoms with Crippen molar-refractivity contribution < 1.29 is 23.8 Å². The number of ether oxygens (including phenoxy) is 3. The normalized spacial score (nSPS) is 24.2. The van der Waals surface area contributed by atoms with E-state index in [0.717, 1.165) is 12.0 Å². The molecule has 3 amide bonds. The summed E-state index contributed by atoms with van der Waals surface area (Å²) in [6.07, 6.45) is 0.989. The number of halogens is 2. The second-order valence-corrected chi connectivity index (χ2v) is 13.6. The van der Waals surface area contributed by atoms with E-state index in [4.69, 9.17) is 48.1 Å². The fraction of sp³-hybridized carbons (Fsp3) is 0.417. The first-order valence-corrected chi connectivity index (χ1v) is 17.0. The molecule has 2 fully saturated rings. The molecular weight excluding hydrogens is 653 g/mol. The molecule has 3 aromatic carbocycles. The first-order valence-electron chi connectivity index (χ1n) is 16.2. The van der Waals surface area contributed by atoms with Gasteiger partial charge in [-0.15, -0.1) is 0 Å². The second-order valence-electron chi connectivity index (χ2n) is 12.7. The highest BCUT2D eigenvalue weighted by molar-refractivity contribution is 6.30. The Balaban J connectivity index is 1.49. The van der Waals surface area contributed by atoms with Gasteiger partial charge in [0.25, 0.3) is 5.91 Å². The Morgan fingerprint density at radius 1 is 0.938 bits per heavy atom. The standard InChI is InChI=1S/C36H41Cl2N5O5/c1-23(2)48-31-22-28(46-4)15-16-29(31)32-40-35(3,24-7-11-26(37)12-8-24)36(39,25-9-13-27(38)14-10-25)43(32)34(45)42-19-17-41(18-20-42)33(44)30-6-5-21-47-30/h7-16,22-23,30H,5-6,17-21,39H2,1-4H3/t30?,35-,36+/m0/s1. The van der Waals surface area contributed by atoms with E-state index >= 15 is 4.79 Å². The van der Waals surface area contributed by atoms with E-state index in [2.05, 4.69) is 0 Å². The molecule has 0 saturated carbocycles. The summed E-state index contributed by atoms with van der Waals surface area (Å²) in [5.74, 6) is 1.40. The third-order valence-corrected chi connectivity index (χ3v) is 9.88. The SMILES string of the molecule is COc1ccc(C2=N[C@@](C)(c3ccc(Cl)cc3)[C@@](N)(c3ccc(Cl)cc3)N2C(=O)N2CCN(C(=O)C3CCCO3)CC2)c(OC(C)C)c1. The van der Waals surface area contributed by atoms with Crippen LogP contribution in [-0.4, -0.2) is 84.6 Å². The van der Waals surface area contributed by atoms with Crippen molar-refractivity contribution >= 4 is 41.0 Å². The van der Waals surface area contributed by atoms with Crippen LogP contribution in [0, 0.1) is 0 Å². The number of carbonyl (C=O) groups excluding carboxylic acids is 2. The summed E-state index contributed by atoms with van der Waals surface area (Å²) in [5.41, 5.74) is 6.87. The van der Waals surface area contributed by atoms with E-state index in [1.165, 1.54) is 0 Å². The summed E-state index contributed by atoms with van der Waals surface area (Å²) in [5, 5.41) is 1.09. The van der Waals surface area contributed by atoms with Crippen LogP contribution in [0.15, 0.2) is 71.7 Å². The van der Waals surface area contributed by atoms with Gasteiger partial charge in [-0.05, 0) is 81.1 Å². The zero-order chi connectivity index (χ0) is 34.2. The van der Waals surface area contributed by atoms with Crippen LogP contribution in [0.1, 0.15) is 50.3 Å². The lowest BCUT2D eigenvalue weighted by Crippen LogP contribution is -2.66. The Kier molecular flexibility index (Phi) is 9.64. The maximum Gasteiger partial charge on any atom is 0.327 e. The molecule has 0 radical (unpaired) electrons.